The molecule has 1 aromatic heterocycles. The number of carbonyl (C=O) groups is 1. The van der Waals surface area contributed by atoms with Crippen LogP contribution in [0.1, 0.15) is 12.8 Å². The molecule has 1 aliphatic rings. The van der Waals surface area contributed by atoms with Crippen LogP contribution in [-0.2, 0) is 4.79 Å². The van der Waals surface area contributed by atoms with Crippen molar-refractivity contribution in [2.75, 3.05) is 11.6 Å². The van der Waals surface area contributed by atoms with Gasteiger partial charge in [0.2, 0.25) is 5.91 Å². The van der Waals surface area contributed by atoms with Gasteiger partial charge in [-0.3, -0.25) is 4.79 Å². The molecule has 74 valence electrons. The molecule has 0 aliphatic heterocycles. The Bertz CT molecular complexity index is 334. The van der Waals surface area contributed by atoms with Crippen LogP contribution in [-0.4, -0.2) is 22.4 Å². The minimum absolute atomic E-state index is 0.0659. The van der Waals surface area contributed by atoms with Gasteiger partial charge >= 0.3 is 0 Å². The Labute approximate surface area is 86.5 Å². The second-order valence-corrected chi connectivity index (χ2v) is 4.05. The highest BCUT2D eigenvalue weighted by molar-refractivity contribution is 7.98. The molecule has 0 saturated heterocycles. The SMILES string of the molecule is CSc1ccc(NC(=O)C2CC2)nn1. The second kappa shape index (κ2) is 3.96. The van der Waals surface area contributed by atoms with E-state index in [0.29, 0.717) is 5.82 Å². The quantitative estimate of drug-likeness (QED) is 0.767. The molecule has 0 atom stereocenters. The zero-order valence-electron chi connectivity index (χ0n) is 7.86. The lowest BCUT2D eigenvalue weighted by molar-refractivity contribution is -0.117. The summed E-state index contributed by atoms with van der Waals surface area (Å²) in [6, 6.07) is 3.62. The summed E-state index contributed by atoms with van der Waals surface area (Å²) in [7, 11) is 0. The van der Waals surface area contributed by atoms with Crippen LogP contribution in [0, 0.1) is 5.92 Å². The molecular weight excluding hydrogens is 198 g/mol. The summed E-state index contributed by atoms with van der Waals surface area (Å²) in [6.07, 6.45) is 3.94. The van der Waals surface area contributed by atoms with Crippen LogP contribution in [0.3, 0.4) is 0 Å². The molecule has 0 bridgehead atoms. The minimum atomic E-state index is 0.0659. The summed E-state index contributed by atoms with van der Waals surface area (Å²) in [5, 5.41) is 11.4. The summed E-state index contributed by atoms with van der Waals surface area (Å²) >= 11 is 1.53. The van der Waals surface area contributed by atoms with Crippen molar-refractivity contribution in [2.24, 2.45) is 5.92 Å². The summed E-state index contributed by atoms with van der Waals surface area (Å²) in [5.74, 6) is 0.813. The standard InChI is InChI=1S/C9H11N3OS/c1-14-8-5-4-7(11-12-8)10-9(13)6-2-3-6/h4-6H,2-3H2,1H3,(H,10,11,13). The predicted octanol–water partition coefficient (Wildman–Crippen LogP) is 1.55. The first-order valence-corrected chi connectivity index (χ1v) is 5.70. The van der Waals surface area contributed by atoms with E-state index < -0.39 is 0 Å². The molecule has 0 unspecified atom stereocenters. The van der Waals surface area contributed by atoms with Crippen LogP contribution >= 0.6 is 11.8 Å². The van der Waals surface area contributed by atoms with Crippen LogP contribution in [0.15, 0.2) is 17.2 Å². The maximum absolute atomic E-state index is 11.3. The first-order valence-electron chi connectivity index (χ1n) is 4.48. The number of hydrogen-bond donors (Lipinski definition) is 1. The van der Waals surface area contributed by atoms with Crippen molar-refractivity contribution >= 4 is 23.5 Å². The topological polar surface area (TPSA) is 54.9 Å². The normalized spacial score (nSPS) is 15.2. The molecular formula is C9H11N3OS. The van der Waals surface area contributed by atoms with Crippen LogP contribution in [0.2, 0.25) is 0 Å². The van der Waals surface area contributed by atoms with Gasteiger partial charge in [-0.2, -0.15) is 0 Å². The first-order chi connectivity index (χ1) is 6.79. The van der Waals surface area contributed by atoms with Gasteiger partial charge in [0.25, 0.3) is 0 Å². The van der Waals surface area contributed by atoms with Gasteiger partial charge in [0.1, 0.15) is 5.03 Å². The van der Waals surface area contributed by atoms with Crippen LogP contribution in [0.5, 0.6) is 0 Å². The summed E-state index contributed by atoms with van der Waals surface area (Å²) in [6.45, 7) is 0. The first kappa shape index (κ1) is 9.45. The zero-order valence-corrected chi connectivity index (χ0v) is 8.67. The van der Waals surface area contributed by atoms with Crippen molar-refractivity contribution in [3.63, 3.8) is 0 Å². The van der Waals surface area contributed by atoms with Gasteiger partial charge in [-0.25, -0.2) is 0 Å². The Morgan fingerprint density at radius 1 is 1.50 bits per heavy atom. The number of hydrogen-bond acceptors (Lipinski definition) is 4. The van der Waals surface area contributed by atoms with E-state index in [9.17, 15) is 4.79 Å². The van der Waals surface area contributed by atoms with Gasteiger partial charge in [0.15, 0.2) is 5.82 Å². The van der Waals surface area contributed by atoms with Crippen molar-refractivity contribution in [2.45, 2.75) is 17.9 Å². The molecule has 14 heavy (non-hydrogen) atoms. The van der Waals surface area contributed by atoms with Crippen molar-refractivity contribution in [3.8, 4) is 0 Å². The molecule has 5 heteroatoms. The van der Waals surface area contributed by atoms with Crippen molar-refractivity contribution in [3.05, 3.63) is 12.1 Å². The van der Waals surface area contributed by atoms with E-state index >= 15 is 0 Å². The van der Waals surface area contributed by atoms with Gasteiger partial charge in [0, 0.05) is 5.92 Å². The number of anilines is 1. The van der Waals surface area contributed by atoms with E-state index in [0.717, 1.165) is 17.9 Å². The van der Waals surface area contributed by atoms with E-state index in [-0.39, 0.29) is 11.8 Å². The number of carbonyl (C=O) groups excluding carboxylic acids is 1. The van der Waals surface area contributed by atoms with Crippen LogP contribution in [0.25, 0.3) is 0 Å². The number of thioether (sulfide) groups is 1. The Balaban J connectivity index is 1.98. The van der Waals surface area contributed by atoms with E-state index in [2.05, 4.69) is 15.5 Å². The third-order valence-corrected chi connectivity index (χ3v) is 2.68. The summed E-state index contributed by atoms with van der Waals surface area (Å²) in [5.41, 5.74) is 0. The largest absolute Gasteiger partial charge is 0.309 e. The molecule has 1 fully saturated rings. The highest BCUT2D eigenvalue weighted by atomic mass is 32.2. The average Bonchev–Trinajstić information content (AvgIpc) is 3.02. The monoisotopic (exact) mass is 209 g/mol. The molecule has 1 aliphatic carbocycles. The molecule has 1 heterocycles. The van der Waals surface area contributed by atoms with E-state index in [1.165, 1.54) is 11.8 Å². The zero-order chi connectivity index (χ0) is 9.97. The molecule has 4 nitrogen and oxygen atoms in total. The Morgan fingerprint density at radius 3 is 2.79 bits per heavy atom. The molecule has 0 aromatic carbocycles. The summed E-state index contributed by atoms with van der Waals surface area (Å²) in [4.78, 5) is 11.3. The second-order valence-electron chi connectivity index (χ2n) is 3.22. The number of rotatable bonds is 3. The lowest BCUT2D eigenvalue weighted by atomic mass is 10.4. The maximum atomic E-state index is 11.3. The van der Waals surface area contributed by atoms with Crippen LogP contribution < -0.4 is 5.32 Å². The molecule has 1 amide bonds. The maximum Gasteiger partial charge on any atom is 0.228 e. The molecule has 0 spiro atoms. The number of nitrogens with zero attached hydrogens (tertiary/aromatic N) is 2. The lowest BCUT2D eigenvalue weighted by Crippen LogP contribution is -2.14. The van der Waals surface area contributed by atoms with Crippen molar-refractivity contribution in [1.29, 1.82) is 0 Å². The highest BCUT2D eigenvalue weighted by Gasteiger charge is 2.29. The Kier molecular flexibility index (Phi) is 2.67. The number of aromatic nitrogens is 2. The summed E-state index contributed by atoms with van der Waals surface area (Å²) < 4.78 is 0. The molecule has 0 radical (unpaired) electrons. The minimum Gasteiger partial charge on any atom is -0.309 e. The number of nitrogens with one attached hydrogen (secondary N) is 1. The van der Waals surface area contributed by atoms with Gasteiger partial charge in [-0.05, 0) is 31.2 Å². The van der Waals surface area contributed by atoms with Gasteiger partial charge in [-0.1, -0.05) is 0 Å². The molecule has 1 saturated carbocycles. The fourth-order valence-corrected chi connectivity index (χ4v) is 1.40. The van der Waals surface area contributed by atoms with Gasteiger partial charge in [0.05, 0.1) is 0 Å². The number of amides is 1. The lowest BCUT2D eigenvalue weighted by Gasteiger charge is -2.01. The predicted molar refractivity (Wildman–Crippen MR) is 55.2 cm³/mol. The van der Waals surface area contributed by atoms with Gasteiger partial charge < -0.3 is 5.32 Å². The highest BCUT2D eigenvalue weighted by Crippen LogP contribution is 2.29. The third-order valence-electron chi connectivity index (χ3n) is 2.05. The Hall–Kier alpha value is -1.10. The smallest absolute Gasteiger partial charge is 0.228 e. The average molecular weight is 209 g/mol. The third kappa shape index (κ3) is 2.23. The molecule has 2 rings (SSSR count). The van der Waals surface area contributed by atoms with Crippen molar-refractivity contribution < 1.29 is 4.79 Å². The van der Waals surface area contributed by atoms with Gasteiger partial charge in [-0.15, -0.1) is 22.0 Å². The fraction of sp³-hybridized carbons (Fsp3) is 0.444. The molecule has 1 aromatic rings. The Morgan fingerprint density at radius 2 is 2.29 bits per heavy atom. The molecule has 1 N–H and O–H groups in total. The van der Waals surface area contributed by atoms with E-state index in [4.69, 9.17) is 0 Å². The van der Waals surface area contributed by atoms with Crippen LogP contribution in [0.4, 0.5) is 5.82 Å². The van der Waals surface area contributed by atoms with E-state index in [1.807, 2.05) is 12.3 Å². The van der Waals surface area contributed by atoms with Crippen molar-refractivity contribution in [1.82, 2.24) is 10.2 Å². The fourth-order valence-electron chi connectivity index (χ4n) is 1.07. The van der Waals surface area contributed by atoms with E-state index in [1.54, 1.807) is 6.07 Å².